The Balaban J connectivity index is 2.53. The van der Waals surface area contributed by atoms with Crippen LogP contribution in [0.4, 0.5) is 4.79 Å². The maximum atomic E-state index is 12.7. The van der Waals surface area contributed by atoms with Gasteiger partial charge in [0.2, 0.25) is 0 Å². The number of carbonyl (C=O) groups is 2. The summed E-state index contributed by atoms with van der Waals surface area (Å²) in [6, 6.07) is 8.78. The Hall–Kier alpha value is -1.92. The zero-order valence-electron chi connectivity index (χ0n) is 13.8. The number of hydrogen-bond donors (Lipinski definition) is 2. The van der Waals surface area contributed by atoms with Gasteiger partial charge in [-0.3, -0.25) is 9.69 Å². The molecule has 2 rings (SSSR count). The number of nitrogens with zero attached hydrogens (tertiary/aromatic N) is 1. The number of amides is 1. The summed E-state index contributed by atoms with van der Waals surface area (Å²) < 4.78 is 5.42. The molecule has 1 saturated heterocycles. The monoisotopic (exact) mass is 320 g/mol. The van der Waals surface area contributed by atoms with Gasteiger partial charge < -0.3 is 15.6 Å². The van der Waals surface area contributed by atoms with E-state index in [0.29, 0.717) is 12.0 Å². The van der Waals surface area contributed by atoms with Crippen LogP contribution in [0.5, 0.6) is 0 Å². The lowest BCUT2D eigenvalue weighted by Crippen LogP contribution is -2.58. The largest absolute Gasteiger partial charge is 0.444 e. The quantitative estimate of drug-likeness (QED) is 0.878. The van der Waals surface area contributed by atoms with Crippen molar-refractivity contribution in [3.63, 3.8) is 0 Å². The van der Waals surface area contributed by atoms with E-state index in [1.807, 2.05) is 6.07 Å². The molecule has 1 aromatic rings. The molecule has 0 spiro atoms. The van der Waals surface area contributed by atoms with E-state index >= 15 is 0 Å². The maximum absolute atomic E-state index is 12.7. The van der Waals surface area contributed by atoms with Gasteiger partial charge in [0.05, 0.1) is 12.6 Å². The Morgan fingerprint density at radius 1 is 1.35 bits per heavy atom. The number of nitrogens with two attached hydrogens (primary N) is 1. The second-order valence-corrected chi connectivity index (χ2v) is 6.70. The second kappa shape index (κ2) is 6.29. The summed E-state index contributed by atoms with van der Waals surface area (Å²) in [6.07, 6.45) is -1.35. The molecule has 0 saturated carbocycles. The van der Waals surface area contributed by atoms with Crippen LogP contribution >= 0.6 is 0 Å². The zero-order valence-corrected chi connectivity index (χ0v) is 13.8. The maximum Gasteiger partial charge on any atom is 0.411 e. The van der Waals surface area contributed by atoms with Crippen molar-refractivity contribution in [2.24, 2.45) is 5.73 Å². The highest BCUT2D eigenvalue weighted by Crippen LogP contribution is 2.40. The zero-order chi connectivity index (χ0) is 17.3. The van der Waals surface area contributed by atoms with Crippen LogP contribution in [0.15, 0.2) is 30.3 Å². The summed E-state index contributed by atoms with van der Waals surface area (Å²) in [5.41, 5.74) is 3.95. The minimum atomic E-state index is -1.49. The molecule has 0 aromatic heterocycles. The van der Waals surface area contributed by atoms with Crippen LogP contribution in [0, 0.1) is 0 Å². The summed E-state index contributed by atoms with van der Waals surface area (Å²) in [6.45, 7) is 5.23. The molecular formula is C17H24N2O4. The highest BCUT2D eigenvalue weighted by Gasteiger charge is 2.57. The molecular weight excluding hydrogens is 296 g/mol. The molecule has 1 aliphatic heterocycles. The number of carbonyl (C=O) groups excluding carboxylic acids is 2. The predicted molar refractivity (Wildman–Crippen MR) is 85.7 cm³/mol. The van der Waals surface area contributed by atoms with Crippen LogP contribution < -0.4 is 5.73 Å². The Morgan fingerprint density at radius 2 is 1.96 bits per heavy atom. The number of rotatable bonds is 3. The van der Waals surface area contributed by atoms with Gasteiger partial charge in [-0.2, -0.15) is 0 Å². The van der Waals surface area contributed by atoms with Crippen molar-refractivity contribution in [1.29, 1.82) is 0 Å². The normalized spacial score (nSPS) is 24.6. The number of benzene rings is 1. The van der Waals surface area contributed by atoms with E-state index in [1.165, 1.54) is 4.90 Å². The van der Waals surface area contributed by atoms with Gasteiger partial charge in [-0.25, -0.2) is 4.79 Å². The summed E-state index contributed by atoms with van der Waals surface area (Å²) >= 11 is 0. The fourth-order valence-electron chi connectivity index (χ4n) is 3.06. The minimum Gasteiger partial charge on any atom is -0.444 e. The van der Waals surface area contributed by atoms with Gasteiger partial charge >= 0.3 is 6.09 Å². The third-order valence-electron chi connectivity index (χ3n) is 3.97. The van der Waals surface area contributed by atoms with Gasteiger partial charge in [0.15, 0.2) is 11.3 Å². The molecule has 0 bridgehead atoms. The van der Waals surface area contributed by atoms with Crippen LogP contribution in [0.1, 0.15) is 32.8 Å². The first-order chi connectivity index (χ1) is 10.7. The van der Waals surface area contributed by atoms with Crippen LogP contribution in [0.2, 0.25) is 0 Å². The Labute approximate surface area is 136 Å². The first kappa shape index (κ1) is 17.4. The molecule has 6 nitrogen and oxygen atoms in total. The molecule has 1 heterocycles. The van der Waals surface area contributed by atoms with E-state index in [2.05, 4.69) is 0 Å². The molecule has 23 heavy (non-hydrogen) atoms. The van der Waals surface area contributed by atoms with E-state index < -0.39 is 29.1 Å². The number of likely N-dealkylation sites (tertiary alicyclic amines) is 1. The van der Waals surface area contributed by atoms with Crippen LogP contribution in [0.25, 0.3) is 0 Å². The van der Waals surface area contributed by atoms with Gasteiger partial charge in [0.1, 0.15) is 5.60 Å². The van der Waals surface area contributed by atoms with E-state index in [9.17, 15) is 14.7 Å². The number of hydrogen-bond acceptors (Lipinski definition) is 5. The van der Waals surface area contributed by atoms with Crippen molar-refractivity contribution in [1.82, 2.24) is 4.90 Å². The Morgan fingerprint density at radius 3 is 2.48 bits per heavy atom. The first-order valence-electron chi connectivity index (χ1n) is 7.71. The molecule has 126 valence electrons. The lowest BCUT2D eigenvalue weighted by molar-refractivity contribution is -0.134. The number of ether oxygens (including phenoxy) is 1. The van der Waals surface area contributed by atoms with Gasteiger partial charge in [-0.05, 0) is 32.8 Å². The van der Waals surface area contributed by atoms with Crippen molar-refractivity contribution >= 4 is 11.9 Å². The molecule has 1 aliphatic rings. The summed E-state index contributed by atoms with van der Waals surface area (Å²) in [4.78, 5) is 26.6. The third-order valence-corrected chi connectivity index (χ3v) is 3.97. The van der Waals surface area contributed by atoms with Crippen molar-refractivity contribution in [2.45, 2.75) is 44.4 Å². The molecule has 1 aromatic carbocycles. The number of aliphatic hydroxyl groups excluding tert-OH is 1. The van der Waals surface area contributed by atoms with Crippen molar-refractivity contribution in [3.05, 3.63) is 35.9 Å². The topological polar surface area (TPSA) is 92.9 Å². The van der Waals surface area contributed by atoms with Crippen molar-refractivity contribution in [3.8, 4) is 0 Å². The van der Waals surface area contributed by atoms with E-state index in [0.717, 1.165) is 0 Å². The van der Waals surface area contributed by atoms with Gasteiger partial charge in [-0.1, -0.05) is 30.3 Å². The van der Waals surface area contributed by atoms with Gasteiger partial charge in [0.25, 0.3) is 0 Å². The van der Waals surface area contributed by atoms with Crippen molar-refractivity contribution < 1.29 is 19.4 Å². The highest BCUT2D eigenvalue weighted by atomic mass is 16.6. The molecule has 2 atom stereocenters. The van der Waals surface area contributed by atoms with Crippen LogP contribution in [-0.4, -0.2) is 46.7 Å². The van der Waals surface area contributed by atoms with E-state index in [4.69, 9.17) is 10.5 Å². The number of aliphatic hydroxyl groups is 1. The summed E-state index contributed by atoms with van der Waals surface area (Å²) in [5, 5.41) is 10.6. The predicted octanol–water partition coefficient (Wildman–Crippen LogP) is 1.41. The minimum absolute atomic E-state index is 0.233. The molecule has 3 N–H and O–H groups in total. The molecule has 0 radical (unpaired) electrons. The Kier molecular flexibility index (Phi) is 4.77. The average molecular weight is 320 g/mol. The van der Waals surface area contributed by atoms with Crippen molar-refractivity contribution in [2.75, 3.05) is 13.1 Å². The molecule has 1 unspecified atom stereocenters. The fourth-order valence-corrected chi connectivity index (χ4v) is 3.06. The second-order valence-electron chi connectivity index (χ2n) is 6.70. The van der Waals surface area contributed by atoms with E-state index in [1.54, 1.807) is 45.0 Å². The number of ketones is 1. The smallest absolute Gasteiger partial charge is 0.411 e. The fraction of sp³-hybridized carbons (Fsp3) is 0.529. The SMILES string of the molecule is CC(C)(C)OC(=O)N1CC[C@H](O)C1(C(=O)CN)c1ccccc1. The standard InChI is InChI=1S/C17H24N2O4/c1-16(2,3)23-15(22)19-10-9-13(20)17(19,14(21)11-18)12-7-5-4-6-8-12/h4-8,13,20H,9-11,18H2,1-3H3/t13-,17?/m0/s1. The molecule has 1 fully saturated rings. The van der Waals surface area contributed by atoms with Gasteiger partial charge in [0, 0.05) is 6.54 Å². The Bertz CT molecular complexity index is 582. The average Bonchev–Trinajstić information content (AvgIpc) is 2.84. The highest BCUT2D eigenvalue weighted by molar-refractivity contribution is 5.95. The molecule has 0 aliphatic carbocycles. The first-order valence-corrected chi connectivity index (χ1v) is 7.71. The van der Waals surface area contributed by atoms with Crippen LogP contribution in [0.3, 0.4) is 0 Å². The molecule has 6 heteroatoms. The van der Waals surface area contributed by atoms with Gasteiger partial charge in [-0.15, -0.1) is 0 Å². The molecule has 1 amide bonds. The lowest BCUT2D eigenvalue weighted by atomic mass is 9.81. The van der Waals surface area contributed by atoms with Crippen LogP contribution in [-0.2, 0) is 15.1 Å². The third kappa shape index (κ3) is 3.09. The summed E-state index contributed by atoms with van der Waals surface area (Å²) in [5.74, 6) is -0.403. The van der Waals surface area contributed by atoms with E-state index in [-0.39, 0.29) is 13.1 Å². The number of Topliss-reactive ketones (excluding diaryl/α,β-unsaturated/α-hetero) is 1. The summed E-state index contributed by atoms with van der Waals surface area (Å²) in [7, 11) is 0. The lowest BCUT2D eigenvalue weighted by Gasteiger charge is -2.39.